The highest BCUT2D eigenvalue weighted by Crippen LogP contribution is 2.38. The van der Waals surface area contributed by atoms with Crippen molar-refractivity contribution in [3.05, 3.63) is 58.7 Å². The molecule has 4 heteroatoms. The third kappa shape index (κ3) is 3.11. The van der Waals surface area contributed by atoms with Crippen LogP contribution in [0.4, 0.5) is 0 Å². The minimum absolute atomic E-state index is 0.0206. The van der Waals surface area contributed by atoms with Crippen LogP contribution in [0, 0.1) is 0 Å². The second-order valence-electron chi connectivity index (χ2n) is 6.20. The van der Waals surface area contributed by atoms with E-state index in [4.69, 9.17) is 0 Å². The van der Waals surface area contributed by atoms with Crippen molar-refractivity contribution < 1.29 is 19.8 Å². The highest BCUT2D eigenvalue weighted by molar-refractivity contribution is 5.98. The number of benzene rings is 2. The lowest BCUT2D eigenvalue weighted by Gasteiger charge is -2.30. The van der Waals surface area contributed by atoms with Crippen molar-refractivity contribution in [2.45, 2.75) is 33.1 Å². The van der Waals surface area contributed by atoms with Crippen LogP contribution < -0.4 is 0 Å². The van der Waals surface area contributed by atoms with Gasteiger partial charge in [0.15, 0.2) is 11.6 Å². The van der Waals surface area contributed by atoms with E-state index >= 15 is 0 Å². The van der Waals surface area contributed by atoms with Gasteiger partial charge in [-0.2, -0.15) is 0 Å². The second-order valence-corrected chi connectivity index (χ2v) is 6.20. The summed E-state index contributed by atoms with van der Waals surface area (Å²) >= 11 is 0. The molecule has 0 amide bonds. The summed E-state index contributed by atoms with van der Waals surface area (Å²) in [4.78, 5) is 23.9. The van der Waals surface area contributed by atoms with Crippen molar-refractivity contribution >= 4 is 11.6 Å². The molecule has 0 bridgehead atoms. The molecule has 0 aliphatic carbocycles. The first-order valence-electron chi connectivity index (χ1n) is 7.33. The first-order chi connectivity index (χ1) is 10.6. The Morgan fingerprint density at radius 1 is 0.783 bits per heavy atom. The van der Waals surface area contributed by atoms with Gasteiger partial charge in [0.25, 0.3) is 0 Å². The van der Waals surface area contributed by atoms with E-state index in [1.54, 1.807) is 12.1 Å². The molecule has 0 saturated heterocycles. The van der Waals surface area contributed by atoms with Crippen LogP contribution in [0.3, 0.4) is 0 Å². The summed E-state index contributed by atoms with van der Waals surface area (Å²) in [6, 6.07) is 9.32. The van der Waals surface area contributed by atoms with Crippen LogP contribution in [0.25, 0.3) is 0 Å². The van der Waals surface area contributed by atoms with Crippen LogP contribution in [0.15, 0.2) is 36.4 Å². The van der Waals surface area contributed by atoms with Crippen molar-refractivity contribution in [1.82, 2.24) is 0 Å². The predicted octanol–water partition coefficient (Wildman–Crippen LogP) is 3.83. The van der Waals surface area contributed by atoms with Crippen LogP contribution in [0.5, 0.6) is 11.5 Å². The van der Waals surface area contributed by atoms with Gasteiger partial charge in [-0.15, -0.1) is 0 Å². The molecule has 0 heterocycles. The molecule has 2 aromatic rings. The number of carbonyl (C=O) groups is 2. The van der Waals surface area contributed by atoms with E-state index in [2.05, 4.69) is 0 Å². The minimum Gasteiger partial charge on any atom is -0.508 e. The molecular weight excluding hydrogens is 292 g/mol. The number of Topliss-reactive ketones (excluding diaryl/α,β-unsaturated/α-hetero) is 2. The van der Waals surface area contributed by atoms with Crippen LogP contribution in [-0.4, -0.2) is 21.8 Å². The van der Waals surface area contributed by atoms with Gasteiger partial charge in [-0.05, 0) is 49.2 Å². The Balaban J connectivity index is 2.73. The first-order valence-corrected chi connectivity index (χ1v) is 7.33. The molecule has 4 nitrogen and oxygen atoms in total. The lowest BCUT2D eigenvalue weighted by molar-refractivity contribution is 0.100. The number of hydrogen-bond acceptors (Lipinski definition) is 4. The summed E-state index contributed by atoms with van der Waals surface area (Å²) in [6.07, 6.45) is 0. The van der Waals surface area contributed by atoms with Crippen molar-refractivity contribution in [3.63, 3.8) is 0 Å². The molecule has 2 rings (SSSR count). The Labute approximate surface area is 135 Å². The quantitative estimate of drug-likeness (QED) is 0.841. The van der Waals surface area contributed by atoms with Gasteiger partial charge in [0.1, 0.15) is 11.5 Å². The molecule has 0 atom stereocenters. The zero-order valence-corrected chi connectivity index (χ0v) is 13.7. The molecule has 2 N–H and O–H groups in total. The van der Waals surface area contributed by atoms with E-state index in [1.807, 2.05) is 13.8 Å². The lowest BCUT2D eigenvalue weighted by atomic mass is 9.73. The third-order valence-corrected chi connectivity index (χ3v) is 4.11. The fraction of sp³-hybridized carbons (Fsp3) is 0.263. The SMILES string of the molecule is CC(=O)c1cc(O)ccc1C(C)(C)c1ccc(O)cc1C(C)=O. The van der Waals surface area contributed by atoms with Crippen LogP contribution in [0.1, 0.15) is 59.5 Å². The monoisotopic (exact) mass is 312 g/mol. The molecule has 0 radical (unpaired) electrons. The van der Waals surface area contributed by atoms with E-state index in [0.29, 0.717) is 11.1 Å². The fourth-order valence-corrected chi connectivity index (χ4v) is 2.88. The first kappa shape index (κ1) is 16.7. The predicted molar refractivity (Wildman–Crippen MR) is 88.4 cm³/mol. The van der Waals surface area contributed by atoms with Gasteiger partial charge in [0.2, 0.25) is 0 Å². The van der Waals surface area contributed by atoms with Gasteiger partial charge < -0.3 is 10.2 Å². The summed E-state index contributed by atoms with van der Waals surface area (Å²) < 4.78 is 0. The molecule has 0 fully saturated rings. The van der Waals surface area contributed by atoms with E-state index in [1.165, 1.54) is 38.1 Å². The maximum atomic E-state index is 12.0. The topological polar surface area (TPSA) is 74.6 Å². The van der Waals surface area contributed by atoms with Gasteiger partial charge in [-0.25, -0.2) is 0 Å². The molecule has 0 saturated carbocycles. The highest BCUT2D eigenvalue weighted by Gasteiger charge is 2.30. The molecule has 0 unspecified atom stereocenters. The zero-order valence-electron chi connectivity index (χ0n) is 13.7. The van der Waals surface area contributed by atoms with Crippen LogP contribution in [0.2, 0.25) is 0 Å². The Morgan fingerprint density at radius 2 is 1.13 bits per heavy atom. The smallest absolute Gasteiger partial charge is 0.160 e. The molecule has 23 heavy (non-hydrogen) atoms. The Hall–Kier alpha value is -2.62. The summed E-state index contributed by atoms with van der Waals surface area (Å²) in [7, 11) is 0. The van der Waals surface area contributed by atoms with Crippen molar-refractivity contribution in [1.29, 1.82) is 0 Å². The van der Waals surface area contributed by atoms with Crippen LogP contribution >= 0.6 is 0 Å². The molecule has 0 aromatic heterocycles. The fourth-order valence-electron chi connectivity index (χ4n) is 2.88. The maximum absolute atomic E-state index is 12.0. The van der Waals surface area contributed by atoms with E-state index < -0.39 is 5.41 Å². The number of ketones is 2. The number of hydrogen-bond donors (Lipinski definition) is 2. The zero-order chi connectivity index (χ0) is 17.4. The number of aromatic hydroxyl groups is 2. The van der Waals surface area contributed by atoms with Gasteiger partial charge >= 0.3 is 0 Å². The molecule has 2 aromatic carbocycles. The number of phenols is 2. The summed E-state index contributed by atoms with van der Waals surface area (Å²) in [5.74, 6) is -0.279. The Kier molecular flexibility index (Phi) is 4.28. The van der Waals surface area contributed by atoms with E-state index in [9.17, 15) is 19.8 Å². The molecule has 0 aliphatic heterocycles. The normalized spacial score (nSPS) is 11.3. The summed E-state index contributed by atoms with van der Waals surface area (Å²) in [5, 5.41) is 19.3. The molecule has 0 spiro atoms. The van der Waals surface area contributed by atoms with Gasteiger partial charge in [-0.3, -0.25) is 9.59 Å². The summed E-state index contributed by atoms with van der Waals surface area (Å²) in [6.45, 7) is 6.70. The van der Waals surface area contributed by atoms with Gasteiger partial charge in [-0.1, -0.05) is 26.0 Å². The Bertz CT molecular complexity index is 722. The lowest BCUT2D eigenvalue weighted by Crippen LogP contribution is -2.24. The van der Waals surface area contributed by atoms with Gasteiger partial charge in [0.05, 0.1) is 0 Å². The molecular formula is C19H20O4. The van der Waals surface area contributed by atoms with E-state index in [0.717, 1.165) is 11.1 Å². The van der Waals surface area contributed by atoms with Crippen LogP contribution in [-0.2, 0) is 5.41 Å². The standard InChI is InChI=1S/C19H20O4/c1-11(20)15-9-13(22)5-7-17(15)19(3,4)18-8-6-14(23)10-16(18)12(2)21/h5-10,22-23H,1-4H3. The molecule has 0 aliphatic rings. The number of rotatable bonds is 4. The van der Waals surface area contributed by atoms with Gasteiger partial charge in [0, 0.05) is 16.5 Å². The average Bonchev–Trinajstić information content (AvgIpc) is 2.46. The van der Waals surface area contributed by atoms with Crippen molar-refractivity contribution in [2.75, 3.05) is 0 Å². The molecule has 120 valence electrons. The largest absolute Gasteiger partial charge is 0.508 e. The minimum atomic E-state index is -0.649. The third-order valence-electron chi connectivity index (χ3n) is 4.11. The second kappa shape index (κ2) is 5.88. The number of carbonyl (C=O) groups excluding carboxylic acids is 2. The van der Waals surface area contributed by atoms with Crippen molar-refractivity contribution in [2.24, 2.45) is 0 Å². The maximum Gasteiger partial charge on any atom is 0.160 e. The summed E-state index contributed by atoms with van der Waals surface area (Å²) in [5.41, 5.74) is 1.62. The van der Waals surface area contributed by atoms with Crippen molar-refractivity contribution in [3.8, 4) is 11.5 Å². The average molecular weight is 312 g/mol. The highest BCUT2D eigenvalue weighted by atomic mass is 16.3. The van der Waals surface area contributed by atoms with E-state index in [-0.39, 0.29) is 23.1 Å². The number of phenolic OH excluding ortho intramolecular Hbond substituents is 2. The Morgan fingerprint density at radius 3 is 1.43 bits per heavy atom.